The summed E-state index contributed by atoms with van der Waals surface area (Å²) in [6.07, 6.45) is 1.34. The van der Waals surface area contributed by atoms with Crippen LogP contribution in [0, 0.1) is 13.8 Å². The van der Waals surface area contributed by atoms with Gasteiger partial charge in [-0.25, -0.2) is 9.36 Å². The van der Waals surface area contributed by atoms with E-state index >= 15 is 0 Å². The molecular formula is C28H28N4O5. The van der Waals surface area contributed by atoms with E-state index in [1.54, 1.807) is 26.0 Å². The van der Waals surface area contributed by atoms with Gasteiger partial charge >= 0.3 is 5.69 Å². The van der Waals surface area contributed by atoms with Gasteiger partial charge in [-0.15, -0.1) is 0 Å². The number of nitrogens with one attached hydrogen (secondary N) is 2. The van der Waals surface area contributed by atoms with E-state index in [0.717, 1.165) is 20.9 Å². The average molecular weight is 501 g/mol. The second-order valence-corrected chi connectivity index (χ2v) is 9.95. The summed E-state index contributed by atoms with van der Waals surface area (Å²) >= 11 is 0. The molecule has 5 rings (SSSR count). The predicted octanol–water partition coefficient (Wildman–Crippen LogP) is 3.94. The molecule has 5 N–H and O–H groups in total. The third kappa shape index (κ3) is 3.92. The van der Waals surface area contributed by atoms with Crippen molar-refractivity contribution in [2.24, 2.45) is 0 Å². The zero-order valence-corrected chi connectivity index (χ0v) is 21.1. The van der Waals surface area contributed by atoms with Crippen molar-refractivity contribution in [1.82, 2.24) is 9.55 Å². The number of phenols is 1. The number of H-pyrrole nitrogens is 1. The number of nitrogens with two attached hydrogens (primary N) is 1. The van der Waals surface area contributed by atoms with Crippen molar-refractivity contribution in [1.29, 1.82) is 0 Å². The molecule has 1 aromatic heterocycles. The number of rotatable bonds is 3. The second kappa shape index (κ2) is 8.55. The molecule has 1 amide bonds. The highest BCUT2D eigenvalue weighted by Crippen LogP contribution is 2.43. The first-order chi connectivity index (χ1) is 17.5. The summed E-state index contributed by atoms with van der Waals surface area (Å²) in [4.78, 5) is 41.6. The Morgan fingerprint density at radius 1 is 1.11 bits per heavy atom. The molecule has 9 nitrogen and oxygen atoms in total. The summed E-state index contributed by atoms with van der Waals surface area (Å²) in [6.45, 7) is 7.26. The third-order valence-electron chi connectivity index (χ3n) is 7.02. The highest BCUT2D eigenvalue weighted by Gasteiger charge is 2.34. The number of benzene rings is 3. The lowest BCUT2D eigenvalue weighted by molar-refractivity contribution is 0.0805. The van der Waals surface area contributed by atoms with Gasteiger partial charge in [-0.3, -0.25) is 14.6 Å². The number of nitrogen functional groups attached to an aromatic ring is 1. The molecule has 1 aliphatic rings. The number of phenolic OH excluding ortho intramolecular Hbond substituents is 1. The van der Waals surface area contributed by atoms with Gasteiger partial charge in [-0.05, 0) is 57.6 Å². The van der Waals surface area contributed by atoms with Gasteiger partial charge in [0, 0.05) is 16.5 Å². The lowest BCUT2D eigenvalue weighted by atomic mass is 9.87. The standard InChI is InChI=1S/C28H28N4O5/c1-14-17-12-13-28(3,4)37-23(17)20(15(2)22(14)33)25(34)30-21-24(29)32(27(36)31-26(21)35)19-11-7-9-16-8-5-6-10-18(16)19/h5-11,33H,12-13,29H2,1-4H3,(H,30,34)(H,31,35,36). The van der Waals surface area contributed by atoms with Crippen molar-refractivity contribution in [2.75, 3.05) is 11.1 Å². The molecule has 0 fully saturated rings. The smallest absolute Gasteiger partial charge is 0.334 e. The molecule has 9 heteroatoms. The van der Waals surface area contributed by atoms with Crippen LogP contribution in [0.1, 0.15) is 47.3 Å². The number of ether oxygens (including phenoxy) is 1. The van der Waals surface area contributed by atoms with Crippen molar-refractivity contribution in [3.05, 3.63) is 85.6 Å². The van der Waals surface area contributed by atoms with Gasteiger partial charge in [0.25, 0.3) is 11.5 Å². The first-order valence-electron chi connectivity index (χ1n) is 12.0. The quantitative estimate of drug-likeness (QED) is 0.336. The predicted molar refractivity (Wildman–Crippen MR) is 143 cm³/mol. The molecule has 0 bridgehead atoms. The topological polar surface area (TPSA) is 139 Å². The van der Waals surface area contributed by atoms with E-state index in [1.165, 1.54) is 0 Å². The van der Waals surface area contributed by atoms with Gasteiger partial charge in [0.05, 0.1) is 11.3 Å². The lowest BCUT2D eigenvalue weighted by Gasteiger charge is -2.35. The monoisotopic (exact) mass is 500 g/mol. The van der Waals surface area contributed by atoms with Crippen molar-refractivity contribution in [3.63, 3.8) is 0 Å². The van der Waals surface area contributed by atoms with E-state index < -0.39 is 22.8 Å². The number of aromatic hydroxyl groups is 1. The molecule has 2 heterocycles. The molecular weight excluding hydrogens is 472 g/mol. The van der Waals surface area contributed by atoms with E-state index in [4.69, 9.17) is 10.5 Å². The number of amides is 1. The van der Waals surface area contributed by atoms with Gasteiger partial charge in [0.15, 0.2) is 0 Å². The Hall–Kier alpha value is -4.53. The normalized spacial score (nSPS) is 14.2. The molecule has 4 aromatic rings. The van der Waals surface area contributed by atoms with Crippen LogP contribution < -0.4 is 27.0 Å². The van der Waals surface area contributed by atoms with Crippen LogP contribution in [0.4, 0.5) is 11.5 Å². The maximum absolute atomic E-state index is 13.6. The molecule has 37 heavy (non-hydrogen) atoms. The van der Waals surface area contributed by atoms with Crippen molar-refractivity contribution >= 4 is 28.2 Å². The van der Waals surface area contributed by atoms with Gasteiger partial charge in [0.2, 0.25) is 0 Å². The van der Waals surface area contributed by atoms with Crippen LogP contribution in [0.5, 0.6) is 11.5 Å². The van der Waals surface area contributed by atoms with E-state index in [0.29, 0.717) is 35.4 Å². The zero-order chi connectivity index (χ0) is 26.6. The van der Waals surface area contributed by atoms with Crippen LogP contribution in [-0.4, -0.2) is 26.2 Å². The van der Waals surface area contributed by atoms with E-state index in [-0.39, 0.29) is 22.8 Å². The van der Waals surface area contributed by atoms with Crippen molar-refractivity contribution < 1.29 is 14.6 Å². The Labute approximate surface area is 212 Å². The molecule has 0 saturated heterocycles. The van der Waals surface area contributed by atoms with E-state index in [9.17, 15) is 19.5 Å². The summed E-state index contributed by atoms with van der Waals surface area (Å²) < 4.78 is 7.36. The Bertz CT molecular complexity index is 1710. The maximum Gasteiger partial charge on any atom is 0.334 e. The van der Waals surface area contributed by atoms with Crippen LogP contribution in [-0.2, 0) is 6.42 Å². The number of carbonyl (C=O) groups is 1. The molecule has 0 atom stereocenters. The largest absolute Gasteiger partial charge is 0.507 e. The summed E-state index contributed by atoms with van der Waals surface area (Å²) in [6, 6.07) is 12.8. The zero-order valence-electron chi connectivity index (χ0n) is 21.1. The SMILES string of the molecule is Cc1c(O)c(C)c(C(=O)Nc2c(N)n(-c3cccc4ccccc34)c(=O)[nH]c2=O)c2c1CCC(C)(C)O2. The maximum atomic E-state index is 13.6. The van der Waals surface area contributed by atoms with Crippen LogP contribution in [0.3, 0.4) is 0 Å². The number of fused-ring (bicyclic) bond motifs is 2. The minimum atomic E-state index is -0.837. The Morgan fingerprint density at radius 3 is 2.57 bits per heavy atom. The molecule has 3 aromatic carbocycles. The molecule has 0 saturated carbocycles. The third-order valence-corrected chi connectivity index (χ3v) is 7.02. The van der Waals surface area contributed by atoms with Crippen LogP contribution >= 0.6 is 0 Å². The van der Waals surface area contributed by atoms with Gasteiger partial charge < -0.3 is 20.9 Å². The van der Waals surface area contributed by atoms with Crippen molar-refractivity contribution in [2.45, 2.75) is 46.1 Å². The number of carbonyl (C=O) groups excluding carboxylic acids is 1. The van der Waals surface area contributed by atoms with Crippen LogP contribution in [0.15, 0.2) is 52.1 Å². The van der Waals surface area contributed by atoms with Crippen LogP contribution in [0.25, 0.3) is 16.5 Å². The Balaban J connectivity index is 1.66. The number of nitrogens with zero attached hydrogens (tertiary/aromatic N) is 1. The molecule has 0 spiro atoms. The highest BCUT2D eigenvalue weighted by atomic mass is 16.5. The fraction of sp³-hybridized carbons (Fsp3) is 0.250. The minimum absolute atomic E-state index is 0.00480. The van der Waals surface area contributed by atoms with Crippen molar-refractivity contribution in [3.8, 4) is 17.2 Å². The van der Waals surface area contributed by atoms with E-state index in [2.05, 4.69) is 10.3 Å². The molecule has 1 aliphatic heterocycles. The van der Waals surface area contributed by atoms with Crippen LogP contribution in [0.2, 0.25) is 0 Å². The second-order valence-electron chi connectivity index (χ2n) is 9.95. The highest BCUT2D eigenvalue weighted by molar-refractivity contribution is 6.09. The van der Waals surface area contributed by atoms with Gasteiger partial charge in [-0.1, -0.05) is 36.4 Å². The fourth-order valence-electron chi connectivity index (χ4n) is 4.97. The summed E-state index contributed by atoms with van der Waals surface area (Å²) in [7, 11) is 0. The Morgan fingerprint density at radius 2 is 1.81 bits per heavy atom. The minimum Gasteiger partial charge on any atom is -0.507 e. The first-order valence-corrected chi connectivity index (χ1v) is 12.0. The number of aromatic amines is 1. The molecule has 0 aliphatic carbocycles. The summed E-state index contributed by atoms with van der Waals surface area (Å²) in [5.74, 6) is -0.529. The molecule has 0 radical (unpaired) electrons. The number of hydrogen-bond acceptors (Lipinski definition) is 6. The molecule has 0 unspecified atom stereocenters. The van der Waals surface area contributed by atoms with E-state index in [1.807, 2.05) is 44.2 Å². The number of aromatic nitrogens is 2. The van der Waals surface area contributed by atoms with Gasteiger partial charge in [-0.2, -0.15) is 0 Å². The van der Waals surface area contributed by atoms with Gasteiger partial charge in [0.1, 0.15) is 28.6 Å². The average Bonchev–Trinajstić information content (AvgIpc) is 2.85. The lowest BCUT2D eigenvalue weighted by Crippen LogP contribution is -2.36. The summed E-state index contributed by atoms with van der Waals surface area (Å²) in [5, 5.41) is 15.0. The summed E-state index contributed by atoms with van der Waals surface area (Å²) in [5.41, 5.74) is 6.29. The fourth-order valence-corrected chi connectivity index (χ4v) is 4.97. The first kappa shape index (κ1) is 24.2. The molecule has 190 valence electrons. The Kier molecular flexibility index (Phi) is 5.58. The number of anilines is 2. The number of hydrogen-bond donors (Lipinski definition) is 4.